The highest BCUT2D eigenvalue weighted by Crippen LogP contribution is 2.09. The number of nitrogens with one attached hydrogen (secondary N) is 1. The Bertz CT molecular complexity index is 389. The van der Waals surface area contributed by atoms with Gasteiger partial charge in [0.1, 0.15) is 12.6 Å². The Morgan fingerprint density at radius 2 is 2.12 bits per heavy atom. The first-order chi connectivity index (χ1) is 7.75. The summed E-state index contributed by atoms with van der Waals surface area (Å²) < 4.78 is 5.11. The van der Waals surface area contributed by atoms with Crippen LogP contribution in [-0.2, 0) is 20.9 Å². The van der Waals surface area contributed by atoms with Gasteiger partial charge in [-0.3, -0.25) is 4.79 Å². The van der Waals surface area contributed by atoms with Crippen molar-refractivity contribution in [2.75, 3.05) is 0 Å². The molecule has 1 atom stereocenters. The molecule has 0 bridgehead atoms. The van der Waals surface area contributed by atoms with Crippen molar-refractivity contribution in [3.8, 4) is 0 Å². The summed E-state index contributed by atoms with van der Waals surface area (Å²) in [5.74, 6) is -0.434. The highest BCUT2D eigenvalue weighted by atomic mass is 16.5. The molecule has 4 heteroatoms. The first-order valence-electron chi connectivity index (χ1n) is 5.25. The summed E-state index contributed by atoms with van der Waals surface area (Å²) in [6, 6.07) is 9.00. The molecule has 1 heterocycles. The van der Waals surface area contributed by atoms with Gasteiger partial charge in [-0.25, -0.2) is 4.79 Å². The molecule has 0 aromatic heterocycles. The van der Waals surface area contributed by atoms with Crippen molar-refractivity contribution in [1.29, 1.82) is 0 Å². The number of benzene rings is 1. The van der Waals surface area contributed by atoms with Gasteiger partial charge in [0, 0.05) is 6.42 Å². The fourth-order valence-corrected chi connectivity index (χ4v) is 1.62. The third kappa shape index (κ3) is 2.59. The van der Waals surface area contributed by atoms with Gasteiger partial charge in [0.15, 0.2) is 0 Å². The first-order valence-corrected chi connectivity index (χ1v) is 5.25. The lowest BCUT2D eigenvalue weighted by Gasteiger charge is -2.09. The third-order valence-corrected chi connectivity index (χ3v) is 2.50. The number of hydrogen-bond acceptors (Lipinski definition) is 3. The zero-order valence-electron chi connectivity index (χ0n) is 8.81. The average molecular weight is 219 g/mol. The van der Waals surface area contributed by atoms with E-state index in [1.165, 1.54) is 0 Å². The number of ether oxygens (including phenoxy) is 1. The van der Waals surface area contributed by atoms with Gasteiger partial charge in [0.2, 0.25) is 5.91 Å². The molecule has 0 saturated carbocycles. The monoisotopic (exact) mass is 219 g/mol. The molecule has 4 nitrogen and oxygen atoms in total. The van der Waals surface area contributed by atoms with E-state index in [-0.39, 0.29) is 18.5 Å². The third-order valence-electron chi connectivity index (χ3n) is 2.50. The van der Waals surface area contributed by atoms with Gasteiger partial charge in [-0.05, 0) is 12.0 Å². The quantitative estimate of drug-likeness (QED) is 0.772. The molecule has 1 aromatic carbocycles. The minimum atomic E-state index is -0.462. The van der Waals surface area contributed by atoms with Crippen molar-refractivity contribution < 1.29 is 14.3 Å². The van der Waals surface area contributed by atoms with Crippen LogP contribution in [-0.4, -0.2) is 17.9 Å². The largest absolute Gasteiger partial charge is 0.459 e. The molecule has 1 N–H and O–H groups in total. The molecule has 1 amide bonds. The molecule has 16 heavy (non-hydrogen) atoms. The van der Waals surface area contributed by atoms with E-state index in [4.69, 9.17) is 4.74 Å². The van der Waals surface area contributed by atoms with Crippen molar-refractivity contribution in [3.63, 3.8) is 0 Å². The minimum Gasteiger partial charge on any atom is -0.459 e. The molecular weight excluding hydrogens is 206 g/mol. The summed E-state index contributed by atoms with van der Waals surface area (Å²) in [5.41, 5.74) is 0.945. The van der Waals surface area contributed by atoms with E-state index in [9.17, 15) is 9.59 Å². The fraction of sp³-hybridized carbons (Fsp3) is 0.333. The van der Waals surface area contributed by atoms with Crippen LogP contribution in [0.5, 0.6) is 0 Å². The molecule has 0 unspecified atom stereocenters. The molecule has 1 aromatic rings. The van der Waals surface area contributed by atoms with E-state index in [2.05, 4.69) is 5.32 Å². The molecule has 1 aliphatic rings. The molecule has 0 aliphatic carbocycles. The Balaban J connectivity index is 1.82. The average Bonchev–Trinajstić information content (AvgIpc) is 2.74. The highest BCUT2D eigenvalue weighted by Gasteiger charge is 2.28. The number of esters is 1. The normalized spacial score (nSPS) is 19.2. The molecule has 84 valence electrons. The lowest BCUT2D eigenvalue weighted by molar-refractivity contribution is -0.147. The Morgan fingerprint density at radius 1 is 1.38 bits per heavy atom. The Hall–Kier alpha value is -1.84. The van der Waals surface area contributed by atoms with E-state index in [1.54, 1.807) is 0 Å². The van der Waals surface area contributed by atoms with E-state index >= 15 is 0 Å². The maximum atomic E-state index is 11.5. The molecule has 1 aliphatic heterocycles. The van der Waals surface area contributed by atoms with Crippen molar-refractivity contribution in [1.82, 2.24) is 5.32 Å². The van der Waals surface area contributed by atoms with Gasteiger partial charge >= 0.3 is 5.97 Å². The Kier molecular flexibility index (Phi) is 3.19. The smallest absolute Gasteiger partial charge is 0.328 e. The minimum absolute atomic E-state index is 0.0818. The summed E-state index contributed by atoms with van der Waals surface area (Å²) >= 11 is 0. The molecule has 0 radical (unpaired) electrons. The summed E-state index contributed by atoms with van der Waals surface area (Å²) in [7, 11) is 0. The number of amides is 1. The van der Waals surface area contributed by atoms with E-state index < -0.39 is 6.04 Å². The van der Waals surface area contributed by atoms with Crippen LogP contribution in [0.2, 0.25) is 0 Å². The van der Waals surface area contributed by atoms with Crippen molar-refractivity contribution in [3.05, 3.63) is 35.9 Å². The maximum Gasteiger partial charge on any atom is 0.328 e. The second-order valence-electron chi connectivity index (χ2n) is 3.75. The zero-order valence-corrected chi connectivity index (χ0v) is 8.81. The van der Waals surface area contributed by atoms with Crippen molar-refractivity contribution >= 4 is 11.9 Å². The van der Waals surface area contributed by atoms with Crippen molar-refractivity contribution in [2.45, 2.75) is 25.5 Å². The second kappa shape index (κ2) is 4.79. The van der Waals surface area contributed by atoms with E-state index in [1.807, 2.05) is 30.3 Å². The van der Waals surface area contributed by atoms with Gasteiger partial charge in [-0.1, -0.05) is 30.3 Å². The van der Waals surface area contributed by atoms with Crippen LogP contribution < -0.4 is 5.32 Å². The van der Waals surface area contributed by atoms with Crippen LogP contribution >= 0.6 is 0 Å². The number of carbonyl (C=O) groups is 2. The number of carbonyl (C=O) groups excluding carboxylic acids is 2. The van der Waals surface area contributed by atoms with Crippen LogP contribution in [0.25, 0.3) is 0 Å². The molecule has 0 spiro atoms. The summed E-state index contributed by atoms with van der Waals surface area (Å²) in [4.78, 5) is 22.4. The van der Waals surface area contributed by atoms with Gasteiger partial charge in [-0.15, -0.1) is 0 Å². The van der Waals surface area contributed by atoms with Crippen LogP contribution in [0.15, 0.2) is 30.3 Å². The molecule has 1 fully saturated rings. The van der Waals surface area contributed by atoms with Crippen LogP contribution in [0.3, 0.4) is 0 Å². The fourth-order valence-electron chi connectivity index (χ4n) is 1.62. The Labute approximate surface area is 93.6 Å². The lowest BCUT2D eigenvalue weighted by Crippen LogP contribution is -2.34. The van der Waals surface area contributed by atoms with Crippen LogP contribution in [0.1, 0.15) is 18.4 Å². The molecular formula is C12H13NO3. The van der Waals surface area contributed by atoms with Gasteiger partial charge in [-0.2, -0.15) is 0 Å². The SMILES string of the molecule is O=C1CC[C@H](C(=O)OCc2ccccc2)N1. The molecule has 1 saturated heterocycles. The number of rotatable bonds is 3. The van der Waals surface area contributed by atoms with Gasteiger partial charge in [0.05, 0.1) is 0 Å². The second-order valence-corrected chi connectivity index (χ2v) is 3.75. The lowest BCUT2D eigenvalue weighted by atomic mass is 10.2. The predicted molar refractivity (Wildman–Crippen MR) is 57.4 cm³/mol. The van der Waals surface area contributed by atoms with E-state index in [0.717, 1.165) is 5.56 Å². The van der Waals surface area contributed by atoms with Gasteiger partial charge < -0.3 is 10.1 Å². The maximum absolute atomic E-state index is 11.5. The summed E-state index contributed by atoms with van der Waals surface area (Å²) in [5, 5.41) is 2.58. The topological polar surface area (TPSA) is 55.4 Å². The van der Waals surface area contributed by atoms with Crippen LogP contribution in [0, 0.1) is 0 Å². The van der Waals surface area contributed by atoms with Crippen molar-refractivity contribution in [2.24, 2.45) is 0 Å². The van der Waals surface area contributed by atoms with E-state index in [0.29, 0.717) is 12.8 Å². The zero-order chi connectivity index (χ0) is 11.4. The predicted octanol–water partition coefficient (Wildman–Crippen LogP) is 1.01. The first kappa shape index (κ1) is 10.7. The summed E-state index contributed by atoms with van der Waals surface area (Å²) in [6.07, 6.45) is 0.942. The standard InChI is InChI=1S/C12H13NO3/c14-11-7-6-10(13-11)12(15)16-8-9-4-2-1-3-5-9/h1-5,10H,6-8H2,(H,13,14)/t10-/m1/s1. The van der Waals surface area contributed by atoms with Gasteiger partial charge in [0.25, 0.3) is 0 Å². The number of hydrogen-bond donors (Lipinski definition) is 1. The highest BCUT2D eigenvalue weighted by molar-refractivity contribution is 5.87. The van der Waals surface area contributed by atoms with Crippen LogP contribution in [0.4, 0.5) is 0 Å². The Morgan fingerprint density at radius 3 is 2.75 bits per heavy atom. The summed E-state index contributed by atoms with van der Waals surface area (Å²) in [6.45, 7) is 0.256. The molecule has 2 rings (SSSR count).